The maximum atomic E-state index is 12.2. The molecule has 114 valence electrons. The summed E-state index contributed by atoms with van der Waals surface area (Å²) in [5.74, 6) is -3.28. The van der Waals surface area contributed by atoms with Crippen LogP contribution in [0.5, 0.6) is 11.5 Å². The molecule has 0 aliphatic rings. The smallest absolute Gasteiger partial charge is 0.481 e. The monoisotopic (exact) mass is 311 g/mol. The van der Waals surface area contributed by atoms with Crippen LogP contribution < -0.4 is 9.47 Å². The van der Waals surface area contributed by atoms with Crippen LogP contribution in [-0.4, -0.2) is 24.0 Å². The summed E-state index contributed by atoms with van der Waals surface area (Å²) in [5.41, 5.74) is -1.47. The summed E-state index contributed by atoms with van der Waals surface area (Å²) in [6, 6.07) is 2.60. The zero-order valence-corrected chi connectivity index (χ0v) is 9.95. The van der Waals surface area contributed by atoms with E-state index in [-0.39, 0.29) is 0 Å². The fourth-order valence-corrected chi connectivity index (χ4v) is 1.47. The SMILES string of the molecule is N#Cc1c(OC(F)F)ccc(OC(F)(F)F)c1CC(=O)O. The number of halogens is 5. The van der Waals surface area contributed by atoms with Crippen molar-refractivity contribution in [1.82, 2.24) is 0 Å². The second-order valence-electron chi connectivity index (χ2n) is 3.52. The molecule has 0 saturated heterocycles. The molecule has 0 bridgehead atoms. The molecule has 0 spiro atoms. The third-order valence-electron chi connectivity index (χ3n) is 2.11. The number of carboxylic acid groups (broad SMARTS) is 1. The van der Waals surface area contributed by atoms with E-state index in [9.17, 15) is 26.7 Å². The van der Waals surface area contributed by atoms with Crippen LogP contribution in [0, 0.1) is 11.3 Å². The largest absolute Gasteiger partial charge is 0.573 e. The zero-order valence-electron chi connectivity index (χ0n) is 9.95. The molecule has 0 atom stereocenters. The number of aliphatic carboxylic acids is 1. The third-order valence-corrected chi connectivity index (χ3v) is 2.11. The Morgan fingerprint density at radius 1 is 1.33 bits per heavy atom. The van der Waals surface area contributed by atoms with E-state index in [2.05, 4.69) is 9.47 Å². The van der Waals surface area contributed by atoms with Gasteiger partial charge in [0, 0.05) is 5.56 Å². The number of ether oxygens (including phenoxy) is 2. The maximum absolute atomic E-state index is 12.2. The highest BCUT2D eigenvalue weighted by atomic mass is 19.4. The molecular formula is C11H6F5NO4. The molecule has 21 heavy (non-hydrogen) atoms. The van der Waals surface area contributed by atoms with E-state index in [1.807, 2.05) is 0 Å². The molecule has 0 unspecified atom stereocenters. The van der Waals surface area contributed by atoms with Gasteiger partial charge in [-0.25, -0.2) is 0 Å². The number of hydrogen-bond donors (Lipinski definition) is 1. The Bertz CT molecular complexity index is 579. The summed E-state index contributed by atoms with van der Waals surface area (Å²) in [6.45, 7) is -3.33. The Balaban J connectivity index is 3.39. The normalized spacial score (nSPS) is 11.1. The van der Waals surface area contributed by atoms with Gasteiger partial charge in [-0.2, -0.15) is 14.0 Å². The minimum Gasteiger partial charge on any atom is -0.481 e. The molecule has 0 aliphatic carbocycles. The van der Waals surface area contributed by atoms with E-state index in [1.165, 1.54) is 6.07 Å². The van der Waals surface area contributed by atoms with Gasteiger partial charge in [0.05, 0.1) is 6.42 Å². The van der Waals surface area contributed by atoms with E-state index >= 15 is 0 Å². The summed E-state index contributed by atoms with van der Waals surface area (Å²) < 4.78 is 68.4. The van der Waals surface area contributed by atoms with E-state index < -0.39 is 48.0 Å². The molecular weight excluding hydrogens is 305 g/mol. The van der Waals surface area contributed by atoms with Crippen LogP contribution in [0.25, 0.3) is 0 Å². The van der Waals surface area contributed by atoms with Crippen molar-refractivity contribution in [2.24, 2.45) is 0 Å². The van der Waals surface area contributed by atoms with Crippen LogP contribution in [0.15, 0.2) is 12.1 Å². The predicted molar refractivity (Wildman–Crippen MR) is 55.8 cm³/mol. The fraction of sp³-hybridized carbons (Fsp3) is 0.273. The lowest BCUT2D eigenvalue weighted by Crippen LogP contribution is -2.19. The van der Waals surface area contributed by atoms with Gasteiger partial charge in [-0.05, 0) is 12.1 Å². The van der Waals surface area contributed by atoms with Crippen molar-refractivity contribution in [1.29, 1.82) is 5.26 Å². The molecule has 0 aromatic heterocycles. The van der Waals surface area contributed by atoms with E-state index in [0.29, 0.717) is 12.1 Å². The Morgan fingerprint density at radius 3 is 2.33 bits per heavy atom. The topological polar surface area (TPSA) is 79.5 Å². The molecule has 10 heteroatoms. The number of carboxylic acids is 1. The van der Waals surface area contributed by atoms with Gasteiger partial charge in [0.1, 0.15) is 23.1 Å². The number of benzene rings is 1. The number of carbonyl (C=O) groups is 1. The van der Waals surface area contributed by atoms with Crippen LogP contribution in [-0.2, 0) is 11.2 Å². The van der Waals surface area contributed by atoms with Gasteiger partial charge in [-0.3, -0.25) is 4.79 Å². The first kappa shape index (κ1) is 16.5. The molecule has 1 aromatic carbocycles. The molecule has 0 radical (unpaired) electrons. The van der Waals surface area contributed by atoms with Crippen molar-refractivity contribution >= 4 is 5.97 Å². The molecule has 0 fully saturated rings. The van der Waals surface area contributed by atoms with Crippen molar-refractivity contribution in [3.8, 4) is 17.6 Å². The fourth-order valence-electron chi connectivity index (χ4n) is 1.47. The van der Waals surface area contributed by atoms with Crippen molar-refractivity contribution in [2.45, 2.75) is 19.4 Å². The lowest BCUT2D eigenvalue weighted by molar-refractivity contribution is -0.275. The molecule has 1 rings (SSSR count). The second kappa shape index (κ2) is 6.25. The summed E-state index contributed by atoms with van der Waals surface area (Å²) in [7, 11) is 0. The molecule has 1 N–H and O–H groups in total. The van der Waals surface area contributed by atoms with Crippen LogP contribution >= 0.6 is 0 Å². The zero-order chi connectivity index (χ0) is 16.2. The highest BCUT2D eigenvalue weighted by molar-refractivity contribution is 5.74. The molecule has 0 heterocycles. The first-order valence-corrected chi connectivity index (χ1v) is 5.12. The van der Waals surface area contributed by atoms with Crippen LogP contribution in [0.1, 0.15) is 11.1 Å². The molecule has 1 aromatic rings. The highest BCUT2D eigenvalue weighted by Crippen LogP contribution is 2.34. The van der Waals surface area contributed by atoms with Gasteiger partial charge in [0.25, 0.3) is 0 Å². The van der Waals surface area contributed by atoms with E-state index in [4.69, 9.17) is 10.4 Å². The summed E-state index contributed by atoms with van der Waals surface area (Å²) >= 11 is 0. The Kier molecular flexibility index (Phi) is 4.91. The summed E-state index contributed by atoms with van der Waals surface area (Å²) in [6.07, 6.45) is -6.17. The number of nitrogens with zero attached hydrogens (tertiary/aromatic N) is 1. The molecule has 0 saturated carbocycles. The first-order chi connectivity index (χ1) is 9.64. The Hall–Kier alpha value is -2.57. The van der Waals surface area contributed by atoms with E-state index in [0.717, 1.165) is 0 Å². The van der Waals surface area contributed by atoms with Crippen molar-refractivity contribution in [3.63, 3.8) is 0 Å². The van der Waals surface area contributed by atoms with Crippen LogP contribution in [0.3, 0.4) is 0 Å². The number of hydrogen-bond acceptors (Lipinski definition) is 4. The minimum absolute atomic E-state index is 0.602. The molecule has 0 amide bonds. The van der Waals surface area contributed by atoms with Gasteiger partial charge in [-0.15, -0.1) is 13.2 Å². The highest BCUT2D eigenvalue weighted by Gasteiger charge is 2.33. The van der Waals surface area contributed by atoms with Gasteiger partial charge in [0.15, 0.2) is 0 Å². The van der Waals surface area contributed by atoms with Gasteiger partial charge < -0.3 is 14.6 Å². The average molecular weight is 311 g/mol. The Morgan fingerprint density at radius 2 is 1.90 bits per heavy atom. The summed E-state index contributed by atoms with van der Waals surface area (Å²) in [4.78, 5) is 10.7. The standard InChI is InChI=1S/C11H6F5NO4/c12-10(13)20-7-1-2-8(21-11(14,15)16)5(3-9(18)19)6(7)4-17/h1-2,10H,3H2,(H,18,19). The quantitative estimate of drug-likeness (QED) is 0.846. The number of nitriles is 1. The minimum atomic E-state index is -5.13. The van der Waals surface area contributed by atoms with E-state index in [1.54, 1.807) is 0 Å². The van der Waals surface area contributed by atoms with Crippen LogP contribution in [0.4, 0.5) is 22.0 Å². The lowest BCUT2D eigenvalue weighted by atomic mass is 10.0. The van der Waals surface area contributed by atoms with Crippen molar-refractivity contribution in [2.75, 3.05) is 0 Å². The number of alkyl halides is 5. The Labute approximate surface area is 114 Å². The third kappa shape index (κ3) is 4.79. The van der Waals surface area contributed by atoms with Crippen molar-refractivity contribution in [3.05, 3.63) is 23.3 Å². The summed E-state index contributed by atoms with van der Waals surface area (Å²) in [5, 5.41) is 17.5. The predicted octanol–water partition coefficient (Wildman–Crippen LogP) is 2.69. The number of rotatable bonds is 5. The van der Waals surface area contributed by atoms with Crippen molar-refractivity contribution < 1.29 is 41.3 Å². The van der Waals surface area contributed by atoms with Crippen LogP contribution in [0.2, 0.25) is 0 Å². The van der Waals surface area contributed by atoms with Gasteiger partial charge in [-0.1, -0.05) is 0 Å². The molecule has 0 aliphatic heterocycles. The second-order valence-corrected chi connectivity index (χ2v) is 3.52. The first-order valence-electron chi connectivity index (χ1n) is 5.12. The van der Waals surface area contributed by atoms with Gasteiger partial charge in [0.2, 0.25) is 0 Å². The lowest BCUT2D eigenvalue weighted by Gasteiger charge is -2.15. The maximum Gasteiger partial charge on any atom is 0.573 e. The average Bonchev–Trinajstić information content (AvgIpc) is 2.30. The molecule has 5 nitrogen and oxygen atoms in total. The van der Waals surface area contributed by atoms with Gasteiger partial charge >= 0.3 is 18.9 Å².